The van der Waals surface area contributed by atoms with Crippen LogP contribution in [0.5, 0.6) is 5.75 Å². The molecule has 1 heterocycles. The van der Waals surface area contributed by atoms with Gasteiger partial charge in [0.15, 0.2) is 0 Å². The summed E-state index contributed by atoms with van der Waals surface area (Å²) in [4.78, 5) is -0.148. The predicted molar refractivity (Wildman–Crippen MR) is 63.7 cm³/mol. The predicted octanol–water partition coefficient (Wildman–Crippen LogP) is -0.226. The number of nitrogens with zero attached hydrogens (tertiary/aromatic N) is 1. The average molecular weight is 273 g/mol. The van der Waals surface area contributed by atoms with Gasteiger partial charge in [0.25, 0.3) is 0 Å². The Labute approximate surface area is 105 Å². The molecule has 100 valence electrons. The Bertz CT molecular complexity index is 516. The Morgan fingerprint density at radius 3 is 2.78 bits per heavy atom. The van der Waals surface area contributed by atoms with Crippen molar-refractivity contribution in [3.05, 3.63) is 24.3 Å². The molecule has 1 fully saturated rings. The molecule has 0 amide bonds. The molecule has 1 aromatic rings. The third-order valence-corrected chi connectivity index (χ3v) is 4.84. The molecule has 1 aromatic carbocycles. The minimum atomic E-state index is -3.81. The van der Waals surface area contributed by atoms with Gasteiger partial charge in [0.05, 0.1) is 25.9 Å². The van der Waals surface area contributed by atoms with E-state index in [-0.39, 0.29) is 37.0 Å². The lowest BCUT2D eigenvalue weighted by Gasteiger charge is -2.33. The van der Waals surface area contributed by atoms with Crippen LogP contribution >= 0.6 is 0 Å². The van der Waals surface area contributed by atoms with Crippen LogP contribution in [-0.2, 0) is 14.8 Å². The molecule has 2 N–H and O–H groups in total. The lowest BCUT2D eigenvalue weighted by molar-refractivity contribution is 0.0108. The van der Waals surface area contributed by atoms with E-state index in [2.05, 4.69) is 0 Å². The van der Waals surface area contributed by atoms with Crippen LogP contribution in [0.2, 0.25) is 0 Å². The van der Waals surface area contributed by atoms with Crippen LogP contribution in [0, 0.1) is 0 Å². The number of para-hydroxylation sites is 1. The number of benzene rings is 1. The molecule has 1 aliphatic rings. The number of aliphatic hydroxyl groups is 1. The van der Waals surface area contributed by atoms with Crippen molar-refractivity contribution in [2.24, 2.45) is 0 Å². The van der Waals surface area contributed by atoms with E-state index in [1.807, 2.05) is 0 Å². The van der Waals surface area contributed by atoms with Crippen LogP contribution in [0.1, 0.15) is 0 Å². The second-order valence-corrected chi connectivity index (χ2v) is 5.85. The fourth-order valence-corrected chi connectivity index (χ4v) is 3.57. The van der Waals surface area contributed by atoms with Gasteiger partial charge in [-0.25, -0.2) is 8.42 Å². The first-order valence-corrected chi connectivity index (χ1v) is 7.00. The molecule has 2 rings (SSSR count). The van der Waals surface area contributed by atoms with Crippen LogP contribution in [0.3, 0.4) is 0 Å². The molecule has 0 saturated carbocycles. The number of morpholine rings is 1. The molecule has 0 aliphatic carbocycles. The third-order valence-electron chi connectivity index (χ3n) is 2.84. The Morgan fingerprint density at radius 2 is 2.11 bits per heavy atom. The van der Waals surface area contributed by atoms with Gasteiger partial charge < -0.3 is 14.9 Å². The maximum absolute atomic E-state index is 12.4. The first-order valence-electron chi connectivity index (χ1n) is 5.56. The summed E-state index contributed by atoms with van der Waals surface area (Å²) in [5, 5.41) is 18.8. The molecule has 1 saturated heterocycles. The number of hydrogen-bond acceptors (Lipinski definition) is 5. The van der Waals surface area contributed by atoms with Crippen LogP contribution in [0.4, 0.5) is 0 Å². The first-order chi connectivity index (χ1) is 8.57. The van der Waals surface area contributed by atoms with Gasteiger partial charge in [-0.15, -0.1) is 0 Å². The van der Waals surface area contributed by atoms with E-state index in [0.29, 0.717) is 0 Å². The van der Waals surface area contributed by atoms with Gasteiger partial charge in [-0.2, -0.15) is 4.31 Å². The summed E-state index contributed by atoms with van der Waals surface area (Å²) in [5.41, 5.74) is 0. The number of rotatable bonds is 3. The summed E-state index contributed by atoms with van der Waals surface area (Å²) < 4.78 is 31.1. The highest BCUT2D eigenvalue weighted by Gasteiger charge is 2.34. The van der Waals surface area contributed by atoms with Crippen molar-refractivity contribution in [3.8, 4) is 5.75 Å². The number of hydrogen-bond donors (Lipinski definition) is 2. The largest absolute Gasteiger partial charge is 0.507 e. The van der Waals surface area contributed by atoms with Gasteiger partial charge in [-0.05, 0) is 12.1 Å². The quantitative estimate of drug-likeness (QED) is 0.794. The lowest BCUT2D eigenvalue weighted by atomic mass is 10.3. The lowest BCUT2D eigenvalue weighted by Crippen LogP contribution is -2.50. The smallest absolute Gasteiger partial charge is 0.247 e. The topological polar surface area (TPSA) is 87.1 Å². The SMILES string of the molecule is O=S(=O)(c1ccccc1O)N1CCOCC1CO. The molecule has 0 radical (unpaired) electrons. The number of ether oxygens (including phenoxy) is 1. The molecule has 18 heavy (non-hydrogen) atoms. The summed E-state index contributed by atoms with van der Waals surface area (Å²) in [7, 11) is -3.81. The minimum Gasteiger partial charge on any atom is -0.507 e. The number of aromatic hydroxyl groups is 1. The van der Waals surface area contributed by atoms with Crippen LogP contribution in [-0.4, -0.2) is 55.3 Å². The van der Waals surface area contributed by atoms with Crippen LogP contribution in [0.15, 0.2) is 29.2 Å². The highest BCUT2D eigenvalue weighted by atomic mass is 32.2. The van der Waals surface area contributed by atoms with Gasteiger partial charge in [0.2, 0.25) is 10.0 Å². The molecule has 0 bridgehead atoms. The Hall–Kier alpha value is -1.15. The Morgan fingerprint density at radius 1 is 1.39 bits per heavy atom. The fraction of sp³-hybridized carbons (Fsp3) is 0.455. The Kier molecular flexibility index (Phi) is 3.86. The monoisotopic (exact) mass is 273 g/mol. The van der Waals surface area contributed by atoms with Crippen molar-refractivity contribution >= 4 is 10.0 Å². The van der Waals surface area contributed by atoms with Crippen molar-refractivity contribution in [2.45, 2.75) is 10.9 Å². The standard InChI is InChI=1S/C11H15NO5S/c13-7-9-8-17-6-5-12(9)18(15,16)11-4-2-1-3-10(11)14/h1-4,9,13-14H,5-8H2. The fourth-order valence-electron chi connectivity index (χ4n) is 1.90. The van der Waals surface area contributed by atoms with Gasteiger partial charge in [0, 0.05) is 6.54 Å². The van der Waals surface area contributed by atoms with Gasteiger partial charge in [-0.3, -0.25) is 0 Å². The van der Waals surface area contributed by atoms with E-state index in [1.165, 1.54) is 16.4 Å². The first kappa shape index (κ1) is 13.3. The second kappa shape index (κ2) is 5.23. The van der Waals surface area contributed by atoms with Crippen LogP contribution < -0.4 is 0 Å². The van der Waals surface area contributed by atoms with E-state index < -0.39 is 16.1 Å². The zero-order valence-electron chi connectivity index (χ0n) is 9.69. The van der Waals surface area contributed by atoms with E-state index >= 15 is 0 Å². The number of aliphatic hydroxyl groups excluding tert-OH is 1. The minimum absolute atomic E-state index is 0.148. The summed E-state index contributed by atoms with van der Waals surface area (Å²) in [5.74, 6) is -0.291. The molecule has 6 nitrogen and oxygen atoms in total. The van der Waals surface area contributed by atoms with Crippen molar-refractivity contribution in [2.75, 3.05) is 26.4 Å². The van der Waals surface area contributed by atoms with Crippen LogP contribution in [0.25, 0.3) is 0 Å². The molecular weight excluding hydrogens is 258 g/mol. The molecule has 1 atom stereocenters. The third kappa shape index (κ3) is 2.35. The average Bonchev–Trinajstić information content (AvgIpc) is 2.39. The highest BCUT2D eigenvalue weighted by molar-refractivity contribution is 7.89. The van der Waals surface area contributed by atoms with Crippen molar-refractivity contribution in [1.29, 1.82) is 0 Å². The molecular formula is C11H15NO5S. The highest BCUT2D eigenvalue weighted by Crippen LogP contribution is 2.27. The summed E-state index contributed by atoms with van der Waals surface area (Å²) in [6.45, 7) is 0.293. The van der Waals surface area contributed by atoms with Crippen molar-refractivity contribution in [1.82, 2.24) is 4.31 Å². The molecule has 7 heteroatoms. The Balaban J connectivity index is 2.39. The normalized spacial score (nSPS) is 21.9. The summed E-state index contributed by atoms with van der Waals surface area (Å²) >= 11 is 0. The van der Waals surface area contributed by atoms with E-state index in [1.54, 1.807) is 12.1 Å². The number of phenolic OH excluding ortho intramolecular Hbond substituents is 1. The maximum Gasteiger partial charge on any atom is 0.247 e. The van der Waals surface area contributed by atoms with Gasteiger partial charge in [0.1, 0.15) is 10.6 Å². The van der Waals surface area contributed by atoms with E-state index in [4.69, 9.17) is 4.74 Å². The molecule has 0 aromatic heterocycles. The molecule has 1 aliphatic heterocycles. The summed E-state index contributed by atoms with van der Waals surface area (Å²) in [6, 6.07) is 5.15. The zero-order chi connectivity index (χ0) is 13.2. The molecule has 0 spiro atoms. The molecule has 1 unspecified atom stereocenters. The van der Waals surface area contributed by atoms with Gasteiger partial charge in [-0.1, -0.05) is 12.1 Å². The number of phenols is 1. The van der Waals surface area contributed by atoms with Crippen molar-refractivity contribution in [3.63, 3.8) is 0 Å². The zero-order valence-corrected chi connectivity index (χ0v) is 10.5. The van der Waals surface area contributed by atoms with Gasteiger partial charge >= 0.3 is 0 Å². The van der Waals surface area contributed by atoms with Crippen molar-refractivity contribution < 1.29 is 23.4 Å². The number of sulfonamides is 1. The van der Waals surface area contributed by atoms with E-state index in [9.17, 15) is 18.6 Å². The summed E-state index contributed by atoms with van der Waals surface area (Å²) in [6.07, 6.45) is 0. The second-order valence-electron chi connectivity index (χ2n) is 3.99. The maximum atomic E-state index is 12.4. The van der Waals surface area contributed by atoms with E-state index in [0.717, 1.165) is 0 Å².